The van der Waals surface area contributed by atoms with Crippen molar-refractivity contribution in [2.24, 2.45) is 0 Å². The number of benzene rings is 1. The molecule has 0 bridgehead atoms. The third-order valence-corrected chi connectivity index (χ3v) is 2.09. The van der Waals surface area contributed by atoms with Crippen molar-refractivity contribution in [2.45, 2.75) is 19.5 Å². The summed E-state index contributed by atoms with van der Waals surface area (Å²) in [6.07, 6.45) is -2.46. The van der Waals surface area contributed by atoms with E-state index in [1.165, 1.54) is 12.1 Å². The highest BCUT2D eigenvalue weighted by Gasteiger charge is 2.32. The highest BCUT2D eigenvalue weighted by atomic mass is 19.4. The van der Waals surface area contributed by atoms with E-state index in [1.54, 1.807) is 6.07 Å². The SMILES string of the molecule is C=Cc1c(CC)cccc1C(F)(F)F. The van der Waals surface area contributed by atoms with Gasteiger partial charge in [-0.25, -0.2) is 0 Å². The lowest BCUT2D eigenvalue weighted by molar-refractivity contribution is -0.137. The summed E-state index contributed by atoms with van der Waals surface area (Å²) in [7, 11) is 0. The number of halogens is 3. The predicted molar refractivity (Wildman–Crippen MR) is 50.9 cm³/mol. The van der Waals surface area contributed by atoms with Crippen LogP contribution in [0.1, 0.15) is 23.6 Å². The van der Waals surface area contributed by atoms with Gasteiger partial charge in [-0.2, -0.15) is 13.2 Å². The number of hydrogen-bond acceptors (Lipinski definition) is 0. The summed E-state index contributed by atoms with van der Waals surface area (Å²) in [5.41, 5.74) is 0.268. The zero-order valence-electron chi connectivity index (χ0n) is 7.86. The molecule has 0 aromatic heterocycles. The van der Waals surface area contributed by atoms with Crippen LogP contribution in [-0.2, 0) is 12.6 Å². The monoisotopic (exact) mass is 200 g/mol. The molecule has 0 heterocycles. The number of rotatable bonds is 2. The summed E-state index contributed by atoms with van der Waals surface area (Å²) in [5, 5.41) is 0. The maximum atomic E-state index is 12.5. The van der Waals surface area contributed by atoms with Crippen molar-refractivity contribution in [3.8, 4) is 0 Å². The molecule has 0 fully saturated rings. The molecule has 1 rings (SSSR count). The second kappa shape index (κ2) is 3.86. The van der Waals surface area contributed by atoms with Crippen molar-refractivity contribution < 1.29 is 13.2 Å². The molecule has 0 saturated heterocycles. The summed E-state index contributed by atoms with van der Waals surface area (Å²) in [5.74, 6) is 0. The van der Waals surface area contributed by atoms with Crippen LogP contribution in [0.5, 0.6) is 0 Å². The number of aryl methyl sites for hydroxylation is 1. The molecule has 0 unspecified atom stereocenters. The van der Waals surface area contributed by atoms with Crippen molar-refractivity contribution in [1.82, 2.24) is 0 Å². The van der Waals surface area contributed by atoms with Gasteiger partial charge in [-0.1, -0.05) is 31.7 Å². The molecule has 1 aromatic carbocycles. The molecule has 3 heteroatoms. The quantitative estimate of drug-likeness (QED) is 0.678. The van der Waals surface area contributed by atoms with E-state index in [0.29, 0.717) is 12.0 Å². The first-order chi connectivity index (χ1) is 6.50. The van der Waals surface area contributed by atoms with E-state index >= 15 is 0 Å². The van der Waals surface area contributed by atoms with Crippen molar-refractivity contribution in [3.63, 3.8) is 0 Å². The van der Waals surface area contributed by atoms with Crippen LogP contribution in [0, 0.1) is 0 Å². The fourth-order valence-corrected chi connectivity index (χ4v) is 1.41. The lowest BCUT2D eigenvalue weighted by atomic mass is 9.99. The van der Waals surface area contributed by atoms with Gasteiger partial charge in [0.1, 0.15) is 0 Å². The van der Waals surface area contributed by atoms with Crippen LogP contribution in [0.25, 0.3) is 6.08 Å². The van der Waals surface area contributed by atoms with E-state index in [2.05, 4.69) is 6.58 Å². The smallest absolute Gasteiger partial charge is 0.166 e. The summed E-state index contributed by atoms with van der Waals surface area (Å²) in [6.45, 7) is 5.24. The van der Waals surface area contributed by atoms with E-state index in [-0.39, 0.29) is 5.56 Å². The van der Waals surface area contributed by atoms with E-state index in [9.17, 15) is 13.2 Å². The van der Waals surface area contributed by atoms with Gasteiger partial charge in [-0.05, 0) is 23.6 Å². The highest BCUT2D eigenvalue weighted by molar-refractivity contribution is 5.57. The molecule has 0 aliphatic carbocycles. The molecule has 0 N–H and O–H groups in total. The summed E-state index contributed by atoms with van der Waals surface area (Å²) in [6, 6.07) is 4.19. The lowest BCUT2D eigenvalue weighted by Gasteiger charge is -2.13. The first kappa shape index (κ1) is 10.8. The topological polar surface area (TPSA) is 0 Å². The van der Waals surface area contributed by atoms with Gasteiger partial charge in [0.25, 0.3) is 0 Å². The van der Waals surface area contributed by atoms with Gasteiger partial charge < -0.3 is 0 Å². The van der Waals surface area contributed by atoms with Gasteiger partial charge in [0, 0.05) is 0 Å². The summed E-state index contributed by atoms with van der Waals surface area (Å²) < 4.78 is 37.5. The fourth-order valence-electron chi connectivity index (χ4n) is 1.41. The van der Waals surface area contributed by atoms with Crippen LogP contribution < -0.4 is 0 Å². The van der Waals surface area contributed by atoms with Crippen LogP contribution in [-0.4, -0.2) is 0 Å². The molecular weight excluding hydrogens is 189 g/mol. The second-order valence-corrected chi connectivity index (χ2v) is 2.93. The summed E-state index contributed by atoms with van der Waals surface area (Å²) in [4.78, 5) is 0. The largest absolute Gasteiger partial charge is 0.416 e. The molecule has 0 aliphatic heterocycles. The molecular formula is C11H11F3. The summed E-state index contributed by atoms with van der Waals surface area (Å²) >= 11 is 0. The van der Waals surface area contributed by atoms with Gasteiger partial charge in [0.2, 0.25) is 0 Å². The maximum Gasteiger partial charge on any atom is 0.416 e. The molecule has 0 amide bonds. The Morgan fingerprint density at radius 1 is 1.36 bits per heavy atom. The normalized spacial score (nSPS) is 11.4. The van der Waals surface area contributed by atoms with Gasteiger partial charge in [-0.3, -0.25) is 0 Å². The average Bonchev–Trinajstić information content (AvgIpc) is 2.15. The van der Waals surface area contributed by atoms with Crippen LogP contribution in [0.3, 0.4) is 0 Å². The van der Waals surface area contributed by atoms with Crippen LogP contribution in [0.2, 0.25) is 0 Å². The Labute approximate surface area is 81.1 Å². The third-order valence-electron chi connectivity index (χ3n) is 2.09. The molecule has 14 heavy (non-hydrogen) atoms. The van der Waals surface area contributed by atoms with E-state index in [1.807, 2.05) is 6.92 Å². The van der Waals surface area contributed by atoms with Crippen LogP contribution in [0.4, 0.5) is 13.2 Å². The van der Waals surface area contributed by atoms with Crippen LogP contribution in [0.15, 0.2) is 24.8 Å². The second-order valence-electron chi connectivity index (χ2n) is 2.93. The molecule has 0 saturated carbocycles. The minimum absolute atomic E-state index is 0.197. The minimum atomic E-state index is -4.30. The van der Waals surface area contributed by atoms with E-state index in [0.717, 1.165) is 6.07 Å². The van der Waals surface area contributed by atoms with Gasteiger partial charge in [0.15, 0.2) is 0 Å². The van der Waals surface area contributed by atoms with Crippen molar-refractivity contribution in [2.75, 3.05) is 0 Å². The number of hydrogen-bond donors (Lipinski definition) is 0. The van der Waals surface area contributed by atoms with Gasteiger partial charge in [-0.15, -0.1) is 0 Å². The Morgan fingerprint density at radius 3 is 2.43 bits per heavy atom. The highest BCUT2D eigenvalue weighted by Crippen LogP contribution is 2.33. The van der Waals surface area contributed by atoms with Crippen molar-refractivity contribution >= 4 is 6.08 Å². The fraction of sp³-hybridized carbons (Fsp3) is 0.273. The zero-order valence-corrected chi connectivity index (χ0v) is 7.86. The molecule has 0 radical (unpaired) electrons. The lowest BCUT2D eigenvalue weighted by Crippen LogP contribution is -2.08. The average molecular weight is 200 g/mol. The van der Waals surface area contributed by atoms with Gasteiger partial charge in [0.05, 0.1) is 5.56 Å². The molecule has 0 spiro atoms. The van der Waals surface area contributed by atoms with Crippen molar-refractivity contribution in [1.29, 1.82) is 0 Å². The van der Waals surface area contributed by atoms with Crippen molar-refractivity contribution in [3.05, 3.63) is 41.5 Å². The standard InChI is InChI=1S/C11H11F3/c1-3-8-6-5-7-10(9(8)4-2)11(12,13)14/h4-7H,2-3H2,1H3. The van der Waals surface area contributed by atoms with E-state index in [4.69, 9.17) is 0 Å². The predicted octanol–water partition coefficient (Wildman–Crippen LogP) is 3.91. The first-order valence-electron chi connectivity index (χ1n) is 4.32. The Morgan fingerprint density at radius 2 is 2.00 bits per heavy atom. The Hall–Kier alpha value is -1.25. The Balaban J connectivity index is 3.37. The Kier molecular flexibility index (Phi) is 2.99. The zero-order chi connectivity index (χ0) is 10.8. The van der Waals surface area contributed by atoms with Gasteiger partial charge >= 0.3 is 6.18 Å². The molecule has 76 valence electrons. The molecule has 0 nitrogen and oxygen atoms in total. The van der Waals surface area contributed by atoms with Crippen LogP contribution >= 0.6 is 0 Å². The van der Waals surface area contributed by atoms with E-state index < -0.39 is 11.7 Å². The number of alkyl halides is 3. The molecule has 1 aromatic rings. The molecule has 0 aliphatic rings. The minimum Gasteiger partial charge on any atom is -0.166 e. The molecule has 0 atom stereocenters. The Bertz CT molecular complexity index is 337. The first-order valence-corrected chi connectivity index (χ1v) is 4.32. The third kappa shape index (κ3) is 1.97. The maximum absolute atomic E-state index is 12.5.